The van der Waals surface area contributed by atoms with Crippen LogP contribution < -0.4 is 19.8 Å². The number of anilines is 2. The molecule has 0 saturated carbocycles. The van der Waals surface area contributed by atoms with Gasteiger partial charge in [0.05, 0.1) is 23.7 Å². The van der Waals surface area contributed by atoms with E-state index < -0.39 is 17.1 Å². The van der Waals surface area contributed by atoms with Gasteiger partial charge in [-0.1, -0.05) is 47.4 Å². The van der Waals surface area contributed by atoms with Crippen LogP contribution in [0, 0.1) is 12.8 Å². The maximum atomic E-state index is 13.8. The number of carbonyl (C=O) groups excluding carboxylic acids is 3. The monoisotopic (exact) mass is 577 g/mol. The van der Waals surface area contributed by atoms with E-state index in [0.717, 1.165) is 26.7 Å². The van der Waals surface area contributed by atoms with E-state index in [-0.39, 0.29) is 29.1 Å². The first-order valence-electron chi connectivity index (χ1n) is 12.2. The van der Waals surface area contributed by atoms with E-state index in [1.54, 1.807) is 31.4 Å². The number of para-hydroxylation sites is 1. The highest BCUT2D eigenvalue weighted by Crippen LogP contribution is 2.54. The number of imide groups is 1. The van der Waals surface area contributed by atoms with Crippen molar-refractivity contribution < 1.29 is 19.1 Å². The fraction of sp³-hybridized carbons (Fsp3) is 0.214. The van der Waals surface area contributed by atoms with Crippen LogP contribution in [0.2, 0.25) is 0 Å². The number of ether oxygens (including phenoxy) is 1. The van der Waals surface area contributed by atoms with Gasteiger partial charge in [0.15, 0.2) is 0 Å². The van der Waals surface area contributed by atoms with Crippen molar-refractivity contribution in [3.05, 3.63) is 91.0 Å². The molecule has 8 nitrogen and oxygen atoms in total. The van der Waals surface area contributed by atoms with Crippen LogP contribution in [0.25, 0.3) is 0 Å². The third kappa shape index (κ3) is 4.40. The second-order valence-electron chi connectivity index (χ2n) is 9.25. The fourth-order valence-corrected chi connectivity index (χ4v) is 8.78. The average molecular weight is 578 g/mol. The predicted octanol–water partition coefficient (Wildman–Crippen LogP) is 4.72. The molecule has 0 spiro atoms. The summed E-state index contributed by atoms with van der Waals surface area (Å²) in [5.41, 5.74) is 2.06. The van der Waals surface area contributed by atoms with Gasteiger partial charge in [-0.25, -0.2) is 4.90 Å². The molecule has 3 atom stereocenters. The van der Waals surface area contributed by atoms with E-state index in [2.05, 4.69) is 5.32 Å². The van der Waals surface area contributed by atoms with E-state index in [4.69, 9.17) is 4.74 Å². The van der Waals surface area contributed by atoms with Crippen LogP contribution in [0.4, 0.5) is 11.4 Å². The number of thiophene rings is 1. The molecule has 4 aromatic rings. The summed E-state index contributed by atoms with van der Waals surface area (Å²) in [5, 5.41) is 4.65. The Bertz CT molecular complexity index is 1640. The van der Waals surface area contributed by atoms with Crippen molar-refractivity contribution in [2.45, 2.75) is 29.7 Å². The molecule has 1 fully saturated rings. The third-order valence-electron chi connectivity index (χ3n) is 6.95. The van der Waals surface area contributed by atoms with Crippen LogP contribution in [0.5, 0.6) is 5.75 Å². The number of benzene rings is 2. The van der Waals surface area contributed by atoms with E-state index >= 15 is 0 Å². The number of rotatable bonds is 6. The summed E-state index contributed by atoms with van der Waals surface area (Å²) in [6.07, 6.45) is 0. The summed E-state index contributed by atoms with van der Waals surface area (Å²) < 4.78 is 6.66. The lowest BCUT2D eigenvalue weighted by Gasteiger charge is -2.29. The Labute approximate surface area is 236 Å². The van der Waals surface area contributed by atoms with E-state index in [9.17, 15) is 19.2 Å². The smallest absolute Gasteiger partial charge is 0.308 e. The van der Waals surface area contributed by atoms with E-state index in [0.29, 0.717) is 22.2 Å². The first kappa shape index (κ1) is 25.6. The molecule has 0 aliphatic carbocycles. The molecule has 3 amide bonds. The van der Waals surface area contributed by atoms with Gasteiger partial charge in [0.2, 0.25) is 17.7 Å². The quantitative estimate of drug-likeness (QED) is 0.333. The van der Waals surface area contributed by atoms with Gasteiger partial charge in [0, 0.05) is 21.4 Å². The number of aromatic nitrogens is 1. The normalized spacial score (nSPS) is 20.1. The number of hydrogen-bond acceptors (Lipinski definition) is 8. The van der Waals surface area contributed by atoms with E-state index in [1.807, 2.05) is 48.7 Å². The molecule has 198 valence electrons. The number of thioether (sulfide) groups is 1. The number of nitrogens with one attached hydrogen (secondary N) is 1. The van der Waals surface area contributed by atoms with Crippen molar-refractivity contribution in [1.29, 1.82) is 0 Å². The number of aryl methyl sites for hydroxylation is 1. The van der Waals surface area contributed by atoms with Crippen molar-refractivity contribution in [2.75, 3.05) is 17.3 Å². The fourth-order valence-electron chi connectivity index (χ4n) is 5.06. The molecule has 6 rings (SSSR count). The Morgan fingerprint density at radius 2 is 1.77 bits per heavy atom. The molecule has 11 heteroatoms. The number of fused-ring (bicyclic) bond motifs is 2. The first-order chi connectivity index (χ1) is 18.9. The van der Waals surface area contributed by atoms with Gasteiger partial charge in [-0.15, -0.1) is 11.3 Å². The number of carbonyl (C=O) groups is 3. The first-order valence-corrected chi connectivity index (χ1v) is 14.8. The molecular formula is C28H23N3O5S3. The Kier molecular flexibility index (Phi) is 6.66. The highest BCUT2D eigenvalue weighted by atomic mass is 32.2. The molecule has 0 unspecified atom stereocenters. The van der Waals surface area contributed by atoms with Gasteiger partial charge in [-0.2, -0.15) is 0 Å². The zero-order chi connectivity index (χ0) is 27.3. The van der Waals surface area contributed by atoms with Crippen molar-refractivity contribution >= 4 is 63.5 Å². The number of thiazole rings is 1. The molecule has 39 heavy (non-hydrogen) atoms. The van der Waals surface area contributed by atoms with Crippen molar-refractivity contribution in [3.8, 4) is 5.75 Å². The minimum Gasteiger partial charge on any atom is -0.497 e. The lowest BCUT2D eigenvalue weighted by atomic mass is 9.87. The second kappa shape index (κ2) is 10.1. The van der Waals surface area contributed by atoms with Crippen molar-refractivity contribution in [2.24, 2.45) is 5.92 Å². The van der Waals surface area contributed by atoms with Crippen LogP contribution in [0.15, 0.2) is 75.9 Å². The van der Waals surface area contributed by atoms with Crippen LogP contribution in [-0.2, 0) is 20.9 Å². The molecular weight excluding hydrogens is 555 g/mol. The summed E-state index contributed by atoms with van der Waals surface area (Å²) >= 11 is 3.74. The third-order valence-corrected chi connectivity index (χ3v) is 10.5. The minimum atomic E-state index is -0.723. The maximum Gasteiger partial charge on any atom is 0.308 e. The SMILES string of the molecule is COc1ccc(N2C(=O)[C@H]3[C@H](c4cccs4)c4sc(=O)n(CC(=O)Nc5ccccc5C)c4S[C@H]3C2=O)cc1. The van der Waals surface area contributed by atoms with Crippen LogP contribution in [-0.4, -0.2) is 34.6 Å². The maximum absolute atomic E-state index is 13.8. The standard InChI is InChI=1S/C28H23N3O5S3/c1-15-6-3-4-7-18(15)29-20(32)14-30-27-24(39-28(30)35)21(19-8-5-13-37-19)22-23(38-27)26(34)31(25(22)33)16-9-11-17(36-2)12-10-16/h3-13,21-23H,14H2,1-2H3,(H,29,32)/t21-,22-,23+/m0/s1. The summed E-state index contributed by atoms with van der Waals surface area (Å²) in [5.74, 6) is -1.46. The Hall–Kier alpha value is -3.67. The topological polar surface area (TPSA) is 97.7 Å². The van der Waals surface area contributed by atoms with Crippen LogP contribution >= 0.6 is 34.4 Å². The highest BCUT2D eigenvalue weighted by molar-refractivity contribution is 8.00. The van der Waals surface area contributed by atoms with E-state index in [1.165, 1.54) is 32.6 Å². The van der Waals surface area contributed by atoms with Gasteiger partial charge < -0.3 is 10.1 Å². The summed E-state index contributed by atoms with van der Waals surface area (Å²) in [6.45, 7) is 1.71. The number of methoxy groups -OCH3 is 1. The number of amides is 3. The van der Waals surface area contributed by atoms with Gasteiger partial charge in [-0.05, 0) is 54.3 Å². The van der Waals surface area contributed by atoms with Gasteiger partial charge in [-0.3, -0.25) is 23.7 Å². The summed E-state index contributed by atoms with van der Waals surface area (Å²) in [7, 11) is 1.55. The molecule has 2 aliphatic heterocycles. The average Bonchev–Trinajstić information content (AvgIpc) is 3.63. The molecule has 1 N–H and O–H groups in total. The summed E-state index contributed by atoms with van der Waals surface area (Å²) in [6, 6.07) is 18.1. The predicted molar refractivity (Wildman–Crippen MR) is 153 cm³/mol. The van der Waals surface area contributed by atoms with Gasteiger partial charge in [0.1, 0.15) is 17.5 Å². The Morgan fingerprint density at radius 1 is 1.00 bits per heavy atom. The lowest BCUT2D eigenvalue weighted by molar-refractivity contribution is -0.122. The van der Waals surface area contributed by atoms with Gasteiger partial charge >= 0.3 is 4.87 Å². The molecule has 2 aromatic carbocycles. The molecule has 1 saturated heterocycles. The lowest BCUT2D eigenvalue weighted by Crippen LogP contribution is -2.32. The molecule has 0 radical (unpaired) electrons. The molecule has 2 aliphatic rings. The van der Waals surface area contributed by atoms with Crippen LogP contribution in [0.3, 0.4) is 0 Å². The van der Waals surface area contributed by atoms with Crippen molar-refractivity contribution in [3.63, 3.8) is 0 Å². The van der Waals surface area contributed by atoms with Gasteiger partial charge in [0.25, 0.3) is 0 Å². The van der Waals surface area contributed by atoms with Crippen LogP contribution in [0.1, 0.15) is 21.2 Å². The zero-order valence-corrected chi connectivity index (χ0v) is 23.4. The molecule has 2 aromatic heterocycles. The Morgan fingerprint density at radius 3 is 2.46 bits per heavy atom. The minimum absolute atomic E-state index is 0.190. The molecule has 0 bridgehead atoms. The largest absolute Gasteiger partial charge is 0.497 e. The Balaban J connectivity index is 1.38. The highest BCUT2D eigenvalue weighted by Gasteiger charge is 2.57. The number of nitrogens with zero attached hydrogens (tertiary/aromatic N) is 2. The molecule has 4 heterocycles. The number of hydrogen-bond donors (Lipinski definition) is 1. The zero-order valence-electron chi connectivity index (χ0n) is 21.0. The summed E-state index contributed by atoms with van der Waals surface area (Å²) in [4.78, 5) is 56.4. The second-order valence-corrected chi connectivity index (χ2v) is 12.4. The van der Waals surface area contributed by atoms with Crippen molar-refractivity contribution in [1.82, 2.24) is 4.57 Å².